The Bertz CT molecular complexity index is 726. The number of hydrogen-bond acceptors (Lipinski definition) is 6. The molecular weight excluding hydrogens is 318 g/mol. The highest BCUT2D eigenvalue weighted by Gasteiger charge is 2.09. The predicted molar refractivity (Wildman–Crippen MR) is 86.6 cm³/mol. The Hall–Kier alpha value is -2.12. The molecule has 0 aliphatic carbocycles. The van der Waals surface area contributed by atoms with Crippen molar-refractivity contribution in [2.45, 2.75) is 10.9 Å². The van der Waals surface area contributed by atoms with Crippen LogP contribution in [-0.2, 0) is 11.3 Å². The van der Waals surface area contributed by atoms with Crippen LogP contribution in [0, 0.1) is 0 Å². The summed E-state index contributed by atoms with van der Waals surface area (Å²) >= 11 is 2.69. The summed E-state index contributed by atoms with van der Waals surface area (Å²) in [6.45, 7) is 0.401. The SMILES string of the molecule is O=C(CSc1nc(-c2ccccc2)ns1)NCc1ccco1. The zero-order chi connectivity index (χ0) is 15.2. The van der Waals surface area contributed by atoms with Crippen molar-refractivity contribution >= 4 is 29.2 Å². The van der Waals surface area contributed by atoms with Gasteiger partial charge < -0.3 is 9.73 Å². The standard InChI is InChI=1S/C15H13N3O2S2/c19-13(16-9-12-7-4-8-20-12)10-21-15-17-14(18-22-15)11-5-2-1-3-6-11/h1-8H,9-10H2,(H,16,19). The number of hydrogen-bond donors (Lipinski definition) is 1. The average molecular weight is 331 g/mol. The zero-order valence-corrected chi connectivity index (χ0v) is 13.2. The van der Waals surface area contributed by atoms with Gasteiger partial charge in [-0.2, -0.15) is 4.37 Å². The van der Waals surface area contributed by atoms with Gasteiger partial charge in [-0.3, -0.25) is 4.79 Å². The lowest BCUT2D eigenvalue weighted by Crippen LogP contribution is -2.24. The van der Waals surface area contributed by atoms with Gasteiger partial charge in [0.25, 0.3) is 0 Å². The Morgan fingerprint density at radius 3 is 2.86 bits per heavy atom. The summed E-state index contributed by atoms with van der Waals surface area (Å²) in [6.07, 6.45) is 1.59. The van der Waals surface area contributed by atoms with Crippen LogP contribution in [0.3, 0.4) is 0 Å². The summed E-state index contributed by atoms with van der Waals surface area (Å²) in [5.41, 5.74) is 0.980. The van der Waals surface area contributed by atoms with E-state index in [9.17, 15) is 4.79 Å². The molecule has 0 atom stereocenters. The second-order valence-corrected chi connectivity index (χ2v) is 6.37. The van der Waals surface area contributed by atoms with Crippen molar-refractivity contribution in [3.05, 3.63) is 54.5 Å². The normalized spacial score (nSPS) is 10.5. The molecule has 0 radical (unpaired) electrons. The minimum absolute atomic E-state index is 0.0575. The number of benzene rings is 1. The Labute approximate surface area is 135 Å². The Kier molecular flexibility index (Phi) is 4.87. The van der Waals surface area contributed by atoms with Gasteiger partial charge in [0.05, 0.1) is 18.6 Å². The highest BCUT2D eigenvalue weighted by atomic mass is 32.2. The molecule has 5 nitrogen and oxygen atoms in total. The molecule has 0 saturated carbocycles. The summed E-state index contributed by atoms with van der Waals surface area (Å²) in [5, 5.41) is 2.80. The van der Waals surface area contributed by atoms with Crippen molar-refractivity contribution in [2.24, 2.45) is 0 Å². The summed E-state index contributed by atoms with van der Waals surface area (Å²) in [5.74, 6) is 1.69. The smallest absolute Gasteiger partial charge is 0.230 e. The van der Waals surface area contributed by atoms with Gasteiger partial charge in [0.15, 0.2) is 10.2 Å². The van der Waals surface area contributed by atoms with E-state index in [0.29, 0.717) is 18.1 Å². The Balaban J connectivity index is 1.49. The Morgan fingerprint density at radius 1 is 1.23 bits per heavy atom. The second-order valence-electron chi connectivity index (χ2n) is 4.39. The maximum Gasteiger partial charge on any atom is 0.230 e. The number of nitrogens with one attached hydrogen (secondary N) is 1. The first-order valence-corrected chi connectivity index (χ1v) is 8.38. The van der Waals surface area contributed by atoms with E-state index in [1.54, 1.807) is 12.3 Å². The molecule has 0 aliphatic heterocycles. The molecule has 0 saturated heterocycles. The quantitative estimate of drug-likeness (QED) is 0.703. The van der Waals surface area contributed by atoms with Gasteiger partial charge >= 0.3 is 0 Å². The van der Waals surface area contributed by atoms with Gasteiger partial charge in [0.2, 0.25) is 5.91 Å². The summed E-state index contributed by atoms with van der Waals surface area (Å²) < 4.78 is 10.3. The van der Waals surface area contributed by atoms with Gasteiger partial charge in [0, 0.05) is 5.56 Å². The van der Waals surface area contributed by atoms with Crippen LogP contribution in [0.2, 0.25) is 0 Å². The van der Waals surface area contributed by atoms with E-state index in [-0.39, 0.29) is 5.91 Å². The first-order chi connectivity index (χ1) is 10.8. The van der Waals surface area contributed by atoms with Crippen molar-refractivity contribution in [1.29, 1.82) is 0 Å². The molecule has 0 aliphatic rings. The van der Waals surface area contributed by atoms with Crippen LogP contribution in [0.5, 0.6) is 0 Å². The number of furan rings is 1. The van der Waals surface area contributed by atoms with Crippen LogP contribution in [0.15, 0.2) is 57.5 Å². The van der Waals surface area contributed by atoms with E-state index < -0.39 is 0 Å². The molecule has 1 amide bonds. The van der Waals surface area contributed by atoms with E-state index in [1.165, 1.54) is 23.3 Å². The maximum absolute atomic E-state index is 11.8. The molecule has 3 rings (SSSR count). The first-order valence-electron chi connectivity index (χ1n) is 6.62. The van der Waals surface area contributed by atoms with Crippen molar-refractivity contribution < 1.29 is 9.21 Å². The van der Waals surface area contributed by atoms with E-state index >= 15 is 0 Å². The van der Waals surface area contributed by atoms with Crippen molar-refractivity contribution in [2.75, 3.05) is 5.75 Å². The monoisotopic (exact) mass is 331 g/mol. The third-order valence-corrected chi connectivity index (χ3v) is 4.64. The number of amides is 1. The van der Waals surface area contributed by atoms with Crippen LogP contribution in [0.1, 0.15) is 5.76 Å². The van der Waals surface area contributed by atoms with Gasteiger partial charge in [-0.15, -0.1) is 0 Å². The van der Waals surface area contributed by atoms with E-state index in [1.807, 2.05) is 36.4 Å². The molecule has 0 fully saturated rings. The molecule has 0 bridgehead atoms. The fraction of sp³-hybridized carbons (Fsp3) is 0.133. The van der Waals surface area contributed by atoms with Crippen LogP contribution < -0.4 is 5.32 Å². The van der Waals surface area contributed by atoms with Crippen LogP contribution in [-0.4, -0.2) is 21.0 Å². The van der Waals surface area contributed by atoms with Crippen molar-refractivity contribution in [1.82, 2.24) is 14.7 Å². The second kappa shape index (κ2) is 7.24. The summed E-state index contributed by atoms with van der Waals surface area (Å²) in [6, 6.07) is 13.4. The van der Waals surface area contributed by atoms with Crippen molar-refractivity contribution in [3.8, 4) is 11.4 Å². The topological polar surface area (TPSA) is 68.0 Å². The molecule has 112 valence electrons. The number of thioether (sulfide) groups is 1. The highest BCUT2D eigenvalue weighted by Crippen LogP contribution is 2.24. The lowest BCUT2D eigenvalue weighted by molar-refractivity contribution is -0.118. The van der Waals surface area contributed by atoms with E-state index in [2.05, 4.69) is 14.7 Å². The number of carbonyl (C=O) groups is 1. The minimum Gasteiger partial charge on any atom is -0.467 e. The van der Waals surface area contributed by atoms with Gasteiger partial charge in [-0.05, 0) is 23.7 Å². The number of rotatable bonds is 6. The van der Waals surface area contributed by atoms with Crippen molar-refractivity contribution in [3.63, 3.8) is 0 Å². The molecular formula is C15H13N3O2S2. The average Bonchev–Trinajstić information content (AvgIpc) is 3.23. The van der Waals surface area contributed by atoms with Crippen LogP contribution in [0.4, 0.5) is 0 Å². The molecule has 22 heavy (non-hydrogen) atoms. The number of aromatic nitrogens is 2. The zero-order valence-electron chi connectivity index (χ0n) is 11.6. The maximum atomic E-state index is 11.8. The molecule has 1 aromatic carbocycles. The molecule has 2 aromatic heterocycles. The first kappa shape index (κ1) is 14.8. The lowest BCUT2D eigenvalue weighted by Gasteiger charge is -2.01. The lowest BCUT2D eigenvalue weighted by atomic mass is 10.2. The molecule has 0 spiro atoms. The van der Waals surface area contributed by atoms with Gasteiger partial charge in [-0.1, -0.05) is 42.1 Å². The van der Waals surface area contributed by atoms with Gasteiger partial charge in [0.1, 0.15) is 5.76 Å². The number of nitrogens with zero attached hydrogens (tertiary/aromatic N) is 2. The van der Waals surface area contributed by atoms with Crippen LogP contribution >= 0.6 is 23.3 Å². The third kappa shape index (κ3) is 3.96. The summed E-state index contributed by atoms with van der Waals surface area (Å²) in [7, 11) is 0. The molecule has 3 aromatic rings. The molecule has 7 heteroatoms. The van der Waals surface area contributed by atoms with E-state index in [4.69, 9.17) is 4.42 Å². The van der Waals surface area contributed by atoms with Gasteiger partial charge in [-0.25, -0.2) is 4.98 Å². The third-order valence-electron chi connectivity index (χ3n) is 2.81. The minimum atomic E-state index is -0.0575. The molecule has 0 unspecified atom stereocenters. The summed E-state index contributed by atoms with van der Waals surface area (Å²) in [4.78, 5) is 16.2. The van der Waals surface area contributed by atoms with Crippen LogP contribution in [0.25, 0.3) is 11.4 Å². The van der Waals surface area contributed by atoms with E-state index in [0.717, 1.165) is 15.7 Å². The highest BCUT2D eigenvalue weighted by molar-refractivity contribution is 8.01. The largest absolute Gasteiger partial charge is 0.467 e. The fourth-order valence-corrected chi connectivity index (χ4v) is 3.19. The predicted octanol–water partition coefficient (Wildman–Crippen LogP) is 3.21. The molecule has 1 N–H and O–H groups in total. The number of carbonyl (C=O) groups excluding carboxylic acids is 1. The molecule has 2 heterocycles. The Morgan fingerprint density at radius 2 is 2.09 bits per heavy atom. The fourth-order valence-electron chi connectivity index (χ4n) is 1.75.